The van der Waals surface area contributed by atoms with Crippen molar-refractivity contribution in [2.24, 2.45) is 5.16 Å². The van der Waals surface area contributed by atoms with Crippen LogP contribution in [0.2, 0.25) is 0 Å². The van der Waals surface area contributed by atoms with E-state index in [1.165, 1.54) is 0 Å². The summed E-state index contributed by atoms with van der Waals surface area (Å²) in [7, 11) is 0. The van der Waals surface area contributed by atoms with E-state index in [0.717, 1.165) is 21.1 Å². The van der Waals surface area contributed by atoms with Crippen LogP contribution in [0.3, 0.4) is 0 Å². The molecule has 26 heavy (non-hydrogen) atoms. The predicted molar refractivity (Wildman–Crippen MR) is 113 cm³/mol. The van der Waals surface area contributed by atoms with Gasteiger partial charge in [0.2, 0.25) is 0 Å². The average Bonchev–Trinajstić information content (AvgIpc) is 2.54. The molecule has 1 rings (SSSR count). The van der Waals surface area contributed by atoms with E-state index in [4.69, 9.17) is 42.3 Å². The molecule has 0 fully saturated rings. The predicted octanol–water partition coefficient (Wildman–Crippen LogP) is 6.11. The highest BCUT2D eigenvalue weighted by molar-refractivity contribution is 9.11. The molecule has 146 valence electrons. The zero-order chi connectivity index (χ0) is 19.4. The van der Waals surface area contributed by atoms with Crippen LogP contribution in [0.1, 0.15) is 20.3 Å². The Morgan fingerprint density at radius 2 is 1.73 bits per heavy atom. The van der Waals surface area contributed by atoms with Crippen LogP contribution in [0.15, 0.2) is 36.8 Å². The average molecular weight is 534 g/mol. The SMILES string of the molecule is CC(C)=NOCCOCCCOc1c(Br)cc(OCC=C(Cl)Cl)cc1Br. The molecule has 0 spiro atoms. The third-order valence-corrected chi connectivity index (χ3v) is 4.19. The van der Waals surface area contributed by atoms with Gasteiger partial charge in [0.1, 0.15) is 29.2 Å². The van der Waals surface area contributed by atoms with Crippen LogP contribution in [-0.2, 0) is 9.57 Å². The van der Waals surface area contributed by atoms with Crippen molar-refractivity contribution in [3.63, 3.8) is 0 Å². The largest absolute Gasteiger partial charge is 0.491 e. The maximum atomic E-state index is 5.79. The Hall–Kier alpha value is -0.470. The van der Waals surface area contributed by atoms with Gasteiger partial charge in [0.25, 0.3) is 0 Å². The van der Waals surface area contributed by atoms with Crippen LogP contribution in [0, 0.1) is 0 Å². The van der Waals surface area contributed by atoms with Gasteiger partial charge in [-0.25, -0.2) is 0 Å². The molecule has 0 aliphatic heterocycles. The summed E-state index contributed by atoms with van der Waals surface area (Å²) >= 11 is 18.1. The minimum atomic E-state index is 0.171. The second-order valence-corrected chi connectivity index (χ2v) is 7.92. The molecule has 0 saturated carbocycles. The van der Waals surface area contributed by atoms with Gasteiger partial charge in [0.05, 0.1) is 27.9 Å². The lowest BCUT2D eigenvalue weighted by atomic mass is 10.3. The summed E-state index contributed by atoms with van der Waals surface area (Å²) in [4.78, 5) is 5.04. The lowest BCUT2D eigenvalue weighted by Crippen LogP contribution is -2.07. The molecule has 1 aromatic carbocycles. The topological polar surface area (TPSA) is 49.3 Å². The second-order valence-electron chi connectivity index (χ2n) is 5.21. The van der Waals surface area contributed by atoms with Crippen molar-refractivity contribution in [3.8, 4) is 11.5 Å². The van der Waals surface area contributed by atoms with Crippen molar-refractivity contribution in [2.45, 2.75) is 20.3 Å². The smallest absolute Gasteiger partial charge is 0.147 e. The van der Waals surface area contributed by atoms with Gasteiger partial charge >= 0.3 is 0 Å². The number of rotatable bonds is 12. The van der Waals surface area contributed by atoms with Gasteiger partial charge in [-0.2, -0.15) is 0 Å². The van der Waals surface area contributed by atoms with Gasteiger partial charge < -0.3 is 19.0 Å². The first-order valence-corrected chi connectivity index (χ1v) is 10.2. The number of ether oxygens (including phenoxy) is 3. The first-order valence-electron chi connectivity index (χ1n) is 7.87. The van der Waals surface area contributed by atoms with Crippen molar-refractivity contribution in [2.75, 3.05) is 33.0 Å². The van der Waals surface area contributed by atoms with Gasteiger partial charge in [-0.1, -0.05) is 28.4 Å². The fourth-order valence-electron chi connectivity index (χ4n) is 1.67. The lowest BCUT2D eigenvalue weighted by molar-refractivity contribution is 0.0461. The minimum Gasteiger partial charge on any atom is -0.491 e. The van der Waals surface area contributed by atoms with Crippen LogP contribution >= 0.6 is 55.1 Å². The third kappa shape index (κ3) is 10.6. The molecule has 0 aliphatic carbocycles. The van der Waals surface area contributed by atoms with E-state index in [0.29, 0.717) is 37.9 Å². The normalized spacial score (nSPS) is 10.2. The highest BCUT2D eigenvalue weighted by Crippen LogP contribution is 2.37. The van der Waals surface area contributed by atoms with Crippen molar-refractivity contribution in [3.05, 3.63) is 31.6 Å². The van der Waals surface area contributed by atoms with Crippen LogP contribution < -0.4 is 9.47 Å². The van der Waals surface area contributed by atoms with E-state index in [9.17, 15) is 0 Å². The molecule has 0 aliphatic rings. The molecule has 5 nitrogen and oxygen atoms in total. The Balaban J connectivity index is 2.30. The summed E-state index contributed by atoms with van der Waals surface area (Å²) in [6, 6.07) is 3.64. The van der Waals surface area contributed by atoms with Gasteiger partial charge in [0.15, 0.2) is 0 Å². The van der Waals surface area contributed by atoms with E-state index >= 15 is 0 Å². The van der Waals surface area contributed by atoms with Crippen LogP contribution in [-0.4, -0.2) is 38.7 Å². The van der Waals surface area contributed by atoms with Gasteiger partial charge in [-0.3, -0.25) is 0 Å². The summed E-state index contributed by atoms with van der Waals surface area (Å²) < 4.78 is 18.5. The van der Waals surface area contributed by atoms with E-state index in [2.05, 4.69) is 37.0 Å². The van der Waals surface area contributed by atoms with E-state index in [-0.39, 0.29) is 11.1 Å². The first kappa shape index (κ1) is 23.6. The minimum absolute atomic E-state index is 0.171. The van der Waals surface area contributed by atoms with Crippen LogP contribution in [0.4, 0.5) is 0 Å². The highest BCUT2D eigenvalue weighted by atomic mass is 79.9. The molecule has 0 bridgehead atoms. The third-order valence-electron chi connectivity index (χ3n) is 2.70. The van der Waals surface area contributed by atoms with Crippen molar-refractivity contribution >= 4 is 60.8 Å². The fraction of sp³-hybridized carbons (Fsp3) is 0.471. The zero-order valence-electron chi connectivity index (χ0n) is 14.6. The van der Waals surface area contributed by atoms with E-state index in [1.807, 2.05) is 26.0 Å². The zero-order valence-corrected chi connectivity index (χ0v) is 19.3. The highest BCUT2D eigenvalue weighted by Gasteiger charge is 2.10. The molecule has 0 amide bonds. The molecule has 0 aromatic heterocycles. The Kier molecular flexibility index (Phi) is 12.4. The summed E-state index contributed by atoms with van der Waals surface area (Å²) in [5.41, 5.74) is 0.880. The van der Waals surface area contributed by atoms with Crippen LogP contribution in [0.25, 0.3) is 0 Å². The summed E-state index contributed by atoms with van der Waals surface area (Å²) in [5.74, 6) is 1.37. The Bertz CT molecular complexity index is 596. The number of hydrogen-bond donors (Lipinski definition) is 0. The van der Waals surface area contributed by atoms with Gasteiger partial charge in [0, 0.05) is 13.0 Å². The molecular weight excluding hydrogens is 513 g/mol. The molecule has 1 aromatic rings. The van der Waals surface area contributed by atoms with Gasteiger partial charge in [-0.05, 0) is 63.9 Å². The summed E-state index contributed by atoms with van der Waals surface area (Å²) in [5, 5.41) is 3.83. The summed E-state index contributed by atoms with van der Waals surface area (Å²) in [6.07, 6.45) is 2.32. The molecular formula is C17H21Br2Cl2NO4. The number of hydrogen-bond acceptors (Lipinski definition) is 5. The Morgan fingerprint density at radius 1 is 1.04 bits per heavy atom. The van der Waals surface area contributed by atoms with Crippen molar-refractivity contribution in [1.29, 1.82) is 0 Å². The van der Waals surface area contributed by atoms with Crippen molar-refractivity contribution in [1.82, 2.24) is 0 Å². The Labute approximate surface area is 180 Å². The molecule has 0 N–H and O–H groups in total. The van der Waals surface area contributed by atoms with Crippen LogP contribution in [0.5, 0.6) is 11.5 Å². The molecule has 0 radical (unpaired) electrons. The molecule has 0 atom stereocenters. The van der Waals surface area contributed by atoms with E-state index in [1.54, 1.807) is 6.08 Å². The second kappa shape index (κ2) is 13.7. The standard InChI is InChI=1S/C17H21Br2Cl2NO4/c1-12(2)22-26-9-8-23-5-3-6-25-17-14(18)10-13(11-15(17)19)24-7-4-16(20)21/h4,10-11H,3,5-9H2,1-2H3. The molecule has 0 saturated heterocycles. The summed E-state index contributed by atoms with van der Waals surface area (Å²) in [6.45, 7) is 6.08. The fourth-order valence-corrected chi connectivity index (χ4v) is 3.17. The number of halogens is 4. The quantitative estimate of drug-likeness (QED) is 0.185. The maximum absolute atomic E-state index is 5.79. The van der Waals surface area contributed by atoms with E-state index < -0.39 is 0 Å². The number of oxime groups is 1. The van der Waals surface area contributed by atoms with Crippen molar-refractivity contribution < 1.29 is 19.0 Å². The number of benzene rings is 1. The maximum Gasteiger partial charge on any atom is 0.147 e. The molecule has 0 unspecified atom stereocenters. The monoisotopic (exact) mass is 531 g/mol. The molecule has 0 heterocycles. The Morgan fingerprint density at radius 3 is 2.35 bits per heavy atom. The lowest BCUT2D eigenvalue weighted by Gasteiger charge is -2.12. The number of nitrogens with zero attached hydrogens (tertiary/aromatic N) is 1. The molecule has 9 heteroatoms. The van der Waals surface area contributed by atoms with Gasteiger partial charge in [-0.15, -0.1) is 0 Å². The first-order chi connectivity index (χ1) is 12.4.